The van der Waals surface area contributed by atoms with Crippen LogP contribution in [0.1, 0.15) is 0 Å². The molecule has 22 heavy (non-hydrogen) atoms. The van der Waals surface area contributed by atoms with Gasteiger partial charge in [-0.25, -0.2) is 9.13 Å². The number of hydrogen-bond donors (Lipinski definition) is 2. The van der Waals surface area contributed by atoms with E-state index in [4.69, 9.17) is 9.47 Å². The molecule has 0 atom stereocenters. The highest BCUT2D eigenvalue weighted by molar-refractivity contribution is 5.31. The smallest absolute Gasteiger partial charge is 0.241 e. The fourth-order valence-corrected chi connectivity index (χ4v) is 2.09. The summed E-state index contributed by atoms with van der Waals surface area (Å²) in [5, 5.41) is 0. The van der Waals surface area contributed by atoms with E-state index in [2.05, 4.69) is 9.97 Å². The number of aromatic amines is 2. The Balaban J connectivity index is 1.39. The van der Waals surface area contributed by atoms with Crippen molar-refractivity contribution in [1.29, 1.82) is 0 Å². The fraction of sp³-hybridized carbons (Fsp3) is 0.250. The van der Waals surface area contributed by atoms with Crippen molar-refractivity contribution in [2.24, 2.45) is 0 Å². The minimum absolute atomic E-state index is 0.632. The monoisotopic (exact) mass is 300 g/mol. The number of ether oxygens (including phenoxy) is 2. The Morgan fingerprint density at radius 2 is 1.18 bits per heavy atom. The number of rotatable bonds is 8. The molecule has 0 unspecified atom stereocenters. The van der Waals surface area contributed by atoms with Gasteiger partial charge < -0.3 is 9.47 Å². The SMILES string of the molecule is c1c[n+](CCOc2ccc(OCC[n+]3cc[nH]c3)cc2)c[nH]1. The molecule has 0 saturated heterocycles. The molecule has 3 rings (SSSR count). The second-order valence-electron chi connectivity index (χ2n) is 4.87. The molecule has 0 aliphatic rings. The Hall–Kier alpha value is -2.76. The first-order valence-corrected chi connectivity index (χ1v) is 7.29. The maximum Gasteiger partial charge on any atom is 0.241 e. The molecular formula is C16H20N4O2+2. The lowest BCUT2D eigenvalue weighted by Crippen LogP contribution is -2.33. The van der Waals surface area contributed by atoms with E-state index < -0.39 is 0 Å². The van der Waals surface area contributed by atoms with Crippen LogP contribution < -0.4 is 18.6 Å². The minimum atomic E-state index is 0.632. The van der Waals surface area contributed by atoms with E-state index in [1.54, 1.807) is 0 Å². The molecule has 0 bridgehead atoms. The lowest BCUT2D eigenvalue weighted by molar-refractivity contribution is -0.696. The summed E-state index contributed by atoms with van der Waals surface area (Å²) in [6.45, 7) is 2.89. The lowest BCUT2D eigenvalue weighted by Gasteiger charge is -2.07. The van der Waals surface area contributed by atoms with Crippen LogP contribution in [0.4, 0.5) is 0 Å². The molecule has 6 nitrogen and oxygen atoms in total. The van der Waals surface area contributed by atoms with Crippen LogP contribution in [0.3, 0.4) is 0 Å². The van der Waals surface area contributed by atoms with Gasteiger partial charge in [0.1, 0.15) is 62.6 Å². The van der Waals surface area contributed by atoms with Crippen molar-refractivity contribution in [3.8, 4) is 11.5 Å². The van der Waals surface area contributed by atoms with E-state index in [1.165, 1.54) is 0 Å². The van der Waals surface area contributed by atoms with Crippen LogP contribution in [0.25, 0.3) is 0 Å². The van der Waals surface area contributed by atoms with Crippen molar-refractivity contribution in [3.05, 3.63) is 61.7 Å². The average Bonchev–Trinajstić information content (AvgIpc) is 3.22. The number of hydrogen-bond acceptors (Lipinski definition) is 2. The Kier molecular flexibility index (Phi) is 4.71. The molecule has 2 aromatic heterocycles. The molecule has 0 saturated carbocycles. The summed E-state index contributed by atoms with van der Waals surface area (Å²) in [6.07, 6.45) is 11.5. The third-order valence-corrected chi connectivity index (χ3v) is 3.27. The second-order valence-corrected chi connectivity index (χ2v) is 4.87. The highest BCUT2D eigenvalue weighted by Crippen LogP contribution is 2.17. The molecule has 114 valence electrons. The van der Waals surface area contributed by atoms with Crippen molar-refractivity contribution in [2.75, 3.05) is 13.2 Å². The number of benzene rings is 1. The molecule has 0 amide bonds. The molecule has 2 N–H and O–H groups in total. The van der Waals surface area contributed by atoms with Crippen LogP contribution in [-0.2, 0) is 13.1 Å². The zero-order valence-corrected chi connectivity index (χ0v) is 12.3. The van der Waals surface area contributed by atoms with Gasteiger partial charge in [0.05, 0.1) is 0 Å². The standard InChI is InChI=1S/C16H18N4O2/c1-2-16(22-12-10-20-8-6-18-14-20)4-3-15(1)21-11-9-19-7-5-17-13-19/h1-8,13-14H,9-12H2/p+2. The highest BCUT2D eigenvalue weighted by Gasteiger charge is 2.01. The molecular weight excluding hydrogens is 280 g/mol. The zero-order valence-electron chi connectivity index (χ0n) is 12.3. The van der Waals surface area contributed by atoms with Crippen LogP contribution in [0.15, 0.2) is 61.7 Å². The Labute approximate surface area is 129 Å². The Bertz CT molecular complexity index is 589. The van der Waals surface area contributed by atoms with E-state index in [0.717, 1.165) is 24.6 Å². The van der Waals surface area contributed by atoms with E-state index in [0.29, 0.717) is 13.2 Å². The first-order chi connectivity index (χ1) is 10.9. The molecule has 3 aromatic rings. The summed E-state index contributed by atoms with van der Waals surface area (Å²) in [6, 6.07) is 7.72. The number of imidazole rings is 2. The molecule has 0 aliphatic carbocycles. The topological polar surface area (TPSA) is 57.8 Å². The van der Waals surface area contributed by atoms with Gasteiger partial charge >= 0.3 is 0 Å². The predicted octanol–water partition coefficient (Wildman–Crippen LogP) is 1.08. The molecule has 0 radical (unpaired) electrons. The predicted molar refractivity (Wildman–Crippen MR) is 79.4 cm³/mol. The molecule has 6 heteroatoms. The van der Waals surface area contributed by atoms with Gasteiger partial charge in [-0.15, -0.1) is 0 Å². The van der Waals surface area contributed by atoms with Gasteiger partial charge in [0, 0.05) is 0 Å². The molecule has 0 aliphatic heterocycles. The molecule has 0 fully saturated rings. The zero-order chi connectivity index (χ0) is 15.0. The van der Waals surface area contributed by atoms with Gasteiger partial charge in [-0.3, -0.25) is 9.97 Å². The van der Waals surface area contributed by atoms with Gasteiger partial charge in [0.2, 0.25) is 12.7 Å². The Morgan fingerprint density at radius 1 is 0.727 bits per heavy atom. The first kappa shape index (κ1) is 14.2. The van der Waals surface area contributed by atoms with Crippen LogP contribution >= 0.6 is 0 Å². The van der Waals surface area contributed by atoms with Gasteiger partial charge in [0.25, 0.3) is 0 Å². The first-order valence-electron chi connectivity index (χ1n) is 7.29. The second kappa shape index (κ2) is 7.31. The van der Waals surface area contributed by atoms with E-state index in [-0.39, 0.29) is 0 Å². The van der Waals surface area contributed by atoms with Gasteiger partial charge in [0.15, 0.2) is 0 Å². The average molecular weight is 300 g/mol. The summed E-state index contributed by atoms with van der Waals surface area (Å²) in [5.41, 5.74) is 0. The van der Waals surface area contributed by atoms with E-state index in [1.807, 2.05) is 70.8 Å². The van der Waals surface area contributed by atoms with Crippen molar-refractivity contribution in [1.82, 2.24) is 9.97 Å². The normalized spacial score (nSPS) is 10.5. The van der Waals surface area contributed by atoms with E-state index >= 15 is 0 Å². The maximum atomic E-state index is 5.70. The maximum absolute atomic E-state index is 5.70. The van der Waals surface area contributed by atoms with Crippen LogP contribution in [0.5, 0.6) is 11.5 Å². The summed E-state index contributed by atoms with van der Waals surface area (Å²) in [7, 11) is 0. The third kappa shape index (κ3) is 4.12. The molecule has 2 heterocycles. The largest absolute Gasteiger partial charge is 0.489 e. The van der Waals surface area contributed by atoms with Crippen molar-refractivity contribution >= 4 is 0 Å². The summed E-state index contributed by atoms with van der Waals surface area (Å²) in [4.78, 5) is 6.01. The van der Waals surface area contributed by atoms with Crippen LogP contribution in [0.2, 0.25) is 0 Å². The molecule has 1 aromatic carbocycles. The number of H-pyrrole nitrogens is 2. The quantitative estimate of drug-likeness (QED) is 0.612. The highest BCUT2D eigenvalue weighted by atomic mass is 16.5. The summed E-state index contributed by atoms with van der Waals surface area (Å²) >= 11 is 0. The van der Waals surface area contributed by atoms with Crippen molar-refractivity contribution in [3.63, 3.8) is 0 Å². The minimum Gasteiger partial charge on any atom is -0.489 e. The lowest BCUT2D eigenvalue weighted by atomic mass is 10.3. The fourth-order valence-electron chi connectivity index (χ4n) is 2.09. The Morgan fingerprint density at radius 3 is 1.55 bits per heavy atom. The number of nitrogens with one attached hydrogen (secondary N) is 2. The van der Waals surface area contributed by atoms with Crippen molar-refractivity contribution < 1.29 is 18.6 Å². The van der Waals surface area contributed by atoms with Crippen LogP contribution in [0, 0.1) is 0 Å². The summed E-state index contributed by atoms with van der Waals surface area (Å²) in [5.74, 6) is 1.70. The summed E-state index contributed by atoms with van der Waals surface area (Å²) < 4.78 is 15.5. The van der Waals surface area contributed by atoms with Crippen molar-refractivity contribution in [2.45, 2.75) is 13.1 Å². The third-order valence-electron chi connectivity index (χ3n) is 3.27. The number of aromatic nitrogens is 4. The van der Waals surface area contributed by atoms with Gasteiger partial charge in [-0.05, 0) is 24.3 Å². The van der Waals surface area contributed by atoms with Gasteiger partial charge in [-0.1, -0.05) is 0 Å². The number of nitrogens with zero attached hydrogens (tertiary/aromatic N) is 2. The van der Waals surface area contributed by atoms with Gasteiger partial charge in [-0.2, -0.15) is 0 Å². The van der Waals surface area contributed by atoms with Crippen LogP contribution in [-0.4, -0.2) is 23.2 Å². The van der Waals surface area contributed by atoms with E-state index in [9.17, 15) is 0 Å². The molecule has 0 spiro atoms.